The van der Waals surface area contributed by atoms with Gasteiger partial charge >= 0.3 is 0 Å². The smallest absolute Gasteiger partial charge is 0.157 e. The molecule has 0 bridgehead atoms. The first-order chi connectivity index (χ1) is 6.68. The average molecular weight is 227 g/mol. The molecule has 1 aliphatic heterocycles. The van der Waals surface area contributed by atoms with E-state index in [9.17, 15) is 0 Å². The summed E-state index contributed by atoms with van der Waals surface area (Å²) in [7, 11) is 0. The lowest BCUT2D eigenvalue weighted by molar-refractivity contribution is 0.487. The maximum absolute atomic E-state index is 4.38. The van der Waals surface area contributed by atoms with Gasteiger partial charge in [-0.15, -0.1) is 11.3 Å². The lowest BCUT2D eigenvalue weighted by atomic mass is 10.1. The lowest BCUT2D eigenvalue weighted by Gasteiger charge is -2.24. The predicted molar refractivity (Wildman–Crippen MR) is 63.0 cm³/mol. The van der Waals surface area contributed by atoms with Gasteiger partial charge in [0, 0.05) is 17.3 Å². The van der Waals surface area contributed by atoms with E-state index in [1.165, 1.54) is 0 Å². The Kier molecular flexibility index (Phi) is 2.78. The molecule has 76 valence electrons. The van der Waals surface area contributed by atoms with E-state index in [-0.39, 0.29) is 5.54 Å². The SMILES string of the molecule is CC(C)(NC1=NCCS1)c1nccs1. The van der Waals surface area contributed by atoms with Crippen LogP contribution in [0.1, 0.15) is 18.9 Å². The van der Waals surface area contributed by atoms with Gasteiger partial charge in [0.2, 0.25) is 0 Å². The second-order valence-corrected chi connectivity index (χ2v) is 5.60. The Bertz CT molecular complexity index is 330. The Morgan fingerprint density at radius 3 is 2.93 bits per heavy atom. The van der Waals surface area contributed by atoms with Gasteiger partial charge in [-0.05, 0) is 13.8 Å². The van der Waals surface area contributed by atoms with Crippen LogP contribution in [-0.2, 0) is 5.54 Å². The minimum Gasteiger partial charge on any atom is -0.354 e. The van der Waals surface area contributed by atoms with E-state index >= 15 is 0 Å². The molecule has 1 aromatic heterocycles. The van der Waals surface area contributed by atoms with E-state index in [0.29, 0.717) is 0 Å². The number of hydrogen-bond acceptors (Lipinski definition) is 5. The second-order valence-electron chi connectivity index (χ2n) is 3.62. The van der Waals surface area contributed by atoms with Gasteiger partial charge in [0.1, 0.15) is 5.01 Å². The van der Waals surface area contributed by atoms with Gasteiger partial charge in [-0.25, -0.2) is 4.98 Å². The molecule has 2 rings (SSSR count). The minimum absolute atomic E-state index is 0.107. The molecule has 0 aromatic carbocycles. The van der Waals surface area contributed by atoms with Gasteiger partial charge in [-0.2, -0.15) is 0 Å². The molecule has 1 N–H and O–H groups in total. The zero-order chi connectivity index (χ0) is 10.0. The number of thiazole rings is 1. The van der Waals surface area contributed by atoms with Crippen molar-refractivity contribution in [3.05, 3.63) is 16.6 Å². The third-order valence-corrected chi connectivity index (χ3v) is 3.96. The highest BCUT2D eigenvalue weighted by Crippen LogP contribution is 2.24. The van der Waals surface area contributed by atoms with Gasteiger partial charge in [-0.1, -0.05) is 11.8 Å². The van der Waals surface area contributed by atoms with Gasteiger partial charge in [0.15, 0.2) is 5.17 Å². The van der Waals surface area contributed by atoms with E-state index in [4.69, 9.17) is 0 Å². The molecule has 0 atom stereocenters. The summed E-state index contributed by atoms with van der Waals surface area (Å²) in [5.41, 5.74) is -0.107. The molecule has 0 fully saturated rings. The van der Waals surface area contributed by atoms with Crippen LogP contribution >= 0.6 is 23.1 Å². The molecule has 0 amide bonds. The van der Waals surface area contributed by atoms with E-state index in [2.05, 4.69) is 29.1 Å². The Labute approximate surface area is 92.0 Å². The summed E-state index contributed by atoms with van der Waals surface area (Å²) in [4.78, 5) is 8.70. The highest BCUT2D eigenvalue weighted by atomic mass is 32.2. The fraction of sp³-hybridized carbons (Fsp3) is 0.556. The standard InChI is InChI=1S/C9H13N3S2/c1-9(2,7-10-3-5-13-7)12-8-11-4-6-14-8/h3,5H,4,6H2,1-2H3,(H,11,12). The van der Waals surface area contributed by atoms with Crippen LogP contribution in [0.15, 0.2) is 16.6 Å². The third kappa shape index (κ3) is 2.09. The molecule has 3 nitrogen and oxygen atoms in total. The molecular weight excluding hydrogens is 214 g/mol. The van der Waals surface area contributed by atoms with Crippen molar-refractivity contribution in [3.63, 3.8) is 0 Å². The van der Waals surface area contributed by atoms with Crippen LogP contribution in [0.25, 0.3) is 0 Å². The highest BCUT2D eigenvalue weighted by molar-refractivity contribution is 8.14. The normalized spacial score (nSPS) is 16.9. The number of thioether (sulfide) groups is 1. The number of rotatable bonds is 2. The summed E-state index contributed by atoms with van der Waals surface area (Å²) in [5, 5.41) is 7.57. The summed E-state index contributed by atoms with van der Waals surface area (Å²) in [6.45, 7) is 5.20. The molecule has 1 aromatic rings. The van der Waals surface area contributed by atoms with Gasteiger partial charge < -0.3 is 5.32 Å². The van der Waals surface area contributed by atoms with E-state index in [1.54, 1.807) is 23.1 Å². The molecule has 0 spiro atoms. The van der Waals surface area contributed by atoms with Gasteiger partial charge in [0.05, 0.1) is 12.1 Å². The molecule has 14 heavy (non-hydrogen) atoms. The fourth-order valence-electron chi connectivity index (χ4n) is 1.26. The minimum atomic E-state index is -0.107. The molecule has 0 saturated heterocycles. The second kappa shape index (κ2) is 3.90. The third-order valence-electron chi connectivity index (χ3n) is 1.97. The number of hydrogen-bond donors (Lipinski definition) is 1. The average Bonchev–Trinajstić information content (AvgIpc) is 2.71. The summed E-state index contributed by atoms with van der Waals surface area (Å²) >= 11 is 3.46. The number of amidine groups is 1. The molecule has 1 aliphatic rings. The number of nitrogens with one attached hydrogen (secondary N) is 1. The zero-order valence-electron chi connectivity index (χ0n) is 8.28. The van der Waals surface area contributed by atoms with Crippen LogP contribution < -0.4 is 5.32 Å². The van der Waals surface area contributed by atoms with Crippen molar-refractivity contribution < 1.29 is 0 Å². The van der Waals surface area contributed by atoms with Crippen molar-refractivity contribution in [1.29, 1.82) is 0 Å². The van der Waals surface area contributed by atoms with E-state index in [1.807, 2.05) is 11.6 Å². The molecule has 0 radical (unpaired) electrons. The highest BCUT2D eigenvalue weighted by Gasteiger charge is 2.25. The summed E-state index contributed by atoms with van der Waals surface area (Å²) < 4.78 is 0. The molecule has 0 unspecified atom stereocenters. The Hall–Kier alpha value is -0.550. The molecule has 5 heteroatoms. The molecule has 2 heterocycles. The summed E-state index contributed by atoms with van der Waals surface area (Å²) in [6.07, 6.45) is 1.84. The zero-order valence-corrected chi connectivity index (χ0v) is 9.91. The van der Waals surface area contributed by atoms with Crippen molar-refractivity contribution in [2.24, 2.45) is 4.99 Å². The quantitative estimate of drug-likeness (QED) is 0.840. The number of aliphatic imine (C=N–C) groups is 1. The van der Waals surface area contributed by atoms with Crippen molar-refractivity contribution in [1.82, 2.24) is 10.3 Å². The maximum atomic E-state index is 4.38. The Balaban J connectivity index is 2.09. The maximum Gasteiger partial charge on any atom is 0.157 e. The van der Waals surface area contributed by atoms with Crippen LogP contribution in [0.4, 0.5) is 0 Å². The van der Waals surface area contributed by atoms with E-state index < -0.39 is 0 Å². The largest absolute Gasteiger partial charge is 0.354 e. The van der Waals surface area contributed by atoms with Crippen molar-refractivity contribution in [2.75, 3.05) is 12.3 Å². The van der Waals surface area contributed by atoms with Crippen LogP contribution in [0.5, 0.6) is 0 Å². The van der Waals surface area contributed by atoms with Gasteiger partial charge in [0.25, 0.3) is 0 Å². The van der Waals surface area contributed by atoms with Crippen molar-refractivity contribution >= 4 is 28.3 Å². The van der Waals surface area contributed by atoms with Crippen molar-refractivity contribution in [3.8, 4) is 0 Å². The fourth-order valence-corrected chi connectivity index (χ4v) is 2.87. The first kappa shape index (κ1) is 9.98. The van der Waals surface area contributed by atoms with Crippen LogP contribution in [0, 0.1) is 0 Å². The first-order valence-corrected chi connectivity index (χ1v) is 6.40. The van der Waals surface area contributed by atoms with Gasteiger partial charge in [-0.3, -0.25) is 4.99 Å². The van der Waals surface area contributed by atoms with E-state index in [0.717, 1.165) is 22.5 Å². The van der Waals surface area contributed by atoms with Crippen LogP contribution in [0.2, 0.25) is 0 Å². The van der Waals surface area contributed by atoms with Crippen LogP contribution in [-0.4, -0.2) is 22.4 Å². The Morgan fingerprint density at radius 2 is 2.36 bits per heavy atom. The molecule has 0 saturated carbocycles. The molecule has 0 aliphatic carbocycles. The summed E-state index contributed by atoms with van der Waals surface area (Å²) in [6, 6.07) is 0. The van der Waals surface area contributed by atoms with Crippen LogP contribution in [0.3, 0.4) is 0 Å². The first-order valence-electron chi connectivity index (χ1n) is 4.54. The lowest BCUT2D eigenvalue weighted by Crippen LogP contribution is -2.39. The molecular formula is C9H13N3S2. The predicted octanol–water partition coefficient (Wildman–Crippen LogP) is 2.07. The Morgan fingerprint density at radius 1 is 1.50 bits per heavy atom. The number of aromatic nitrogens is 1. The van der Waals surface area contributed by atoms with Crippen molar-refractivity contribution in [2.45, 2.75) is 19.4 Å². The monoisotopic (exact) mass is 227 g/mol. The topological polar surface area (TPSA) is 37.3 Å². The summed E-state index contributed by atoms with van der Waals surface area (Å²) in [5.74, 6) is 1.09. The number of nitrogens with zero attached hydrogens (tertiary/aromatic N) is 2.